The molecule has 2 aromatic rings. The van der Waals surface area contributed by atoms with Crippen LogP contribution in [0.2, 0.25) is 10.0 Å². The number of halogens is 2. The Balaban J connectivity index is 2.38. The van der Waals surface area contributed by atoms with Crippen LogP contribution in [0.4, 0.5) is 5.82 Å². The lowest BCUT2D eigenvalue weighted by Gasteiger charge is -2.09. The highest BCUT2D eigenvalue weighted by molar-refractivity contribution is 7.92. The number of aryl methyl sites for hydroxylation is 1. The predicted molar refractivity (Wildman–Crippen MR) is 76.2 cm³/mol. The van der Waals surface area contributed by atoms with Gasteiger partial charge in [-0.05, 0) is 30.7 Å². The molecule has 1 heterocycles. The lowest BCUT2D eigenvalue weighted by molar-refractivity contribution is 0.601. The van der Waals surface area contributed by atoms with Gasteiger partial charge >= 0.3 is 0 Å². The minimum Gasteiger partial charge on any atom is -0.263 e. The van der Waals surface area contributed by atoms with E-state index in [0.29, 0.717) is 0 Å². The van der Waals surface area contributed by atoms with Gasteiger partial charge in [0, 0.05) is 6.20 Å². The Hall–Kier alpha value is -1.30. The van der Waals surface area contributed by atoms with E-state index < -0.39 is 10.0 Å². The number of hydrogen-bond acceptors (Lipinski definition) is 3. The molecule has 19 heavy (non-hydrogen) atoms. The van der Waals surface area contributed by atoms with Gasteiger partial charge in [0.05, 0.1) is 10.0 Å². The van der Waals surface area contributed by atoms with E-state index in [0.717, 1.165) is 5.56 Å². The summed E-state index contributed by atoms with van der Waals surface area (Å²) in [7, 11) is -3.81. The Bertz CT molecular complexity index is 700. The molecule has 0 unspecified atom stereocenters. The Labute approximate surface area is 121 Å². The lowest BCUT2D eigenvalue weighted by Crippen LogP contribution is -2.14. The molecule has 0 aliphatic rings. The Morgan fingerprint density at radius 1 is 1.16 bits per heavy atom. The summed E-state index contributed by atoms with van der Waals surface area (Å²) in [4.78, 5) is 3.90. The van der Waals surface area contributed by atoms with Crippen molar-refractivity contribution < 1.29 is 8.42 Å². The zero-order valence-corrected chi connectivity index (χ0v) is 12.2. The SMILES string of the molecule is Cc1ccc(NS(=O)(=O)c2cccc(Cl)c2Cl)nc1. The summed E-state index contributed by atoms with van der Waals surface area (Å²) in [6.45, 7) is 1.86. The monoisotopic (exact) mass is 316 g/mol. The Morgan fingerprint density at radius 2 is 1.89 bits per heavy atom. The van der Waals surface area contributed by atoms with Gasteiger partial charge < -0.3 is 0 Å². The van der Waals surface area contributed by atoms with Crippen LogP contribution in [0.15, 0.2) is 41.4 Å². The van der Waals surface area contributed by atoms with Crippen molar-refractivity contribution >= 4 is 39.0 Å². The highest BCUT2D eigenvalue weighted by Crippen LogP contribution is 2.29. The number of pyridine rings is 1. The molecule has 1 N–H and O–H groups in total. The summed E-state index contributed by atoms with van der Waals surface area (Å²) >= 11 is 11.7. The molecule has 0 amide bonds. The summed E-state index contributed by atoms with van der Waals surface area (Å²) in [5, 5.41) is 0.171. The third-order valence-electron chi connectivity index (χ3n) is 2.36. The van der Waals surface area contributed by atoms with Crippen molar-refractivity contribution in [2.45, 2.75) is 11.8 Å². The highest BCUT2D eigenvalue weighted by atomic mass is 35.5. The number of nitrogens with zero attached hydrogens (tertiary/aromatic N) is 1. The van der Waals surface area contributed by atoms with E-state index in [9.17, 15) is 8.42 Å². The van der Waals surface area contributed by atoms with Crippen LogP contribution in [0.1, 0.15) is 5.56 Å². The zero-order valence-electron chi connectivity index (χ0n) is 9.89. The summed E-state index contributed by atoms with van der Waals surface area (Å²) in [6.07, 6.45) is 1.57. The van der Waals surface area contributed by atoms with E-state index in [4.69, 9.17) is 23.2 Å². The standard InChI is InChI=1S/C12H10Cl2N2O2S/c1-8-5-6-11(15-7-8)16-19(17,18)10-4-2-3-9(13)12(10)14/h2-7H,1H3,(H,15,16). The smallest absolute Gasteiger partial charge is 0.263 e. The zero-order chi connectivity index (χ0) is 14.0. The van der Waals surface area contributed by atoms with E-state index in [1.54, 1.807) is 18.3 Å². The molecular formula is C12H10Cl2N2O2S. The van der Waals surface area contributed by atoms with Gasteiger partial charge in [0.25, 0.3) is 10.0 Å². The lowest BCUT2D eigenvalue weighted by atomic mass is 10.3. The number of anilines is 1. The maximum atomic E-state index is 12.2. The predicted octanol–water partition coefficient (Wildman–Crippen LogP) is 3.50. The molecular weight excluding hydrogens is 307 g/mol. The fourth-order valence-corrected chi connectivity index (χ4v) is 3.18. The average Bonchev–Trinajstić information content (AvgIpc) is 2.35. The van der Waals surface area contributed by atoms with Gasteiger partial charge in [0.2, 0.25) is 0 Å². The van der Waals surface area contributed by atoms with Crippen LogP contribution in [0.25, 0.3) is 0 Å². The molecule has 0 fully saturated rings. The molecule has 7 heteroatoms. The fraction of sp³-hybridized carbons (Fsp3) is 0.0833. The van der Waals surface area contributed by atoms with Crippen molar-refractivity contribution in [2.24, 2.45) is 0 Å². The molecule has 0 atom stereocenters. The van der Waals surface area contributed by atoms with Crippen molar-refractivity contribution in [3.63, 3.8) is 0 Å². The quantitative estimate of drug-likeness (QED) is 0.942. The molecule has 0 aliphatic carbocycles. The molecule has 0 aliphatic heterocycles. The molecule has 0 saturated carbocycles. The van der Waals surface area contributed by atoms with Gasteiger partial charge in [-0.25, -0.2) is 13.4 Å². The second-order valence-corrected chi connectivity index (χ2v) is 6.31. The third-order valence-corrected chi connectivity index (χ3v) is 4.68. The summed E-state index contributed by atoms with van der Waals surface area (Å²) in [5.74, 6) is 0.224. The number of sulfonamides is 1. The first kappa shape index (κ1) is 14.1. The van der Waals surface area contributed by atoms with E-state index >= 15 is 0 Å². The van der Waals surface area contributed by atoms with Crippen LogP contribution < -0.4 is 4.72 Å². The number of aromatic nitrogens is 1. The van der Waals surface area contributed by atoms with Gasteiger partial charge in [0.15, 0.2) is 0 Å². The van der Waals surface area contributed by atoms with Crippen LogP contribution in [-0.4, -0.2) is 13.4 Å². The minimum atomic E-state index is -3.81. The molecule has 0 saturated heterocycles. The van der Waals surface area contributed by atoms with Crippen LogP contribution in [0.5, 0.6) is 0 Å². The van der Waals surface area contributed by atoms with E-state index in [2.05, 4.69) is 9.71 Å². The number of benzene rings is 1. The minimum absolute atomic E-state index is 0.0104. The van der Waals surface area contributed by atoms with Gasteiger partial charge in [-0.15, -0.1) is 0 Å². The average molecular weight is 317 g/mol. The number of nitrogens with one attached hydrogen (secondary N) is 1. The first-order chi connectivity index (χ1) is 8.90. The summed E-state index contributed by atoms with van der Waals surface area (Å²) in [6, 6.07) is 7.75. The van der Waals surface area contributed by atoms with Crippen molar-refractivity contribution in [3.05, 3.63) is 52.1 Å². The molecule has 100 valence electrons. The maximum Gasteiger partial charge on any atom is 0.264 e. The Morgan fingerprint density at radius 3 is 2.53 bits per heavy atom. The first-order valence-electron chi connectivity index (χ1n) is 5.29. The molecule has 2 rings (SSSR count). The normalized spacial score (nSPS) is 11.3. The van der Waals surface area contributed by atoms with Crippen molar-refractivity contribution in [1.82, 2.24) is 4.98 Å². The van der Waals surface area contributed by atoms with Crippen molar-refractivity contribution in [2.75, 3.05) is 4.72 Å². The first-order valence-corrected chi connectivity index (χ1v) is 7.53. The van der Waals surface area contributed by atoms with Gasteiger partial charge in [-0.3, -0.25) is 4.72 Å². The van der Waals surface area contributed by atoms with E-state index in [-0.39, 0.29) is 20.8 Å². The molecule has 0 radical (unpaired) electrons. The Kier molecular flexibility index (Phi) is 3.99. The fourth-order valence-electron chi connectivity index (χ4n) is 1.41. The molecule has 4 nitrogen and oxygen atoms in total. The summed E-state index contributed by atoms with van der Waals surface area (Å²) < 4.78 is 26.7. The number of hydrogen-bond donors (Lipinski definition) is 1. The highest BCUT2D eigenvalue weighted by Gasteiger charge is 2.19. The van der Waals surface area contributed by atoms with E-state index in [1.807, 2.05) is 6.92 Å². The van der Waals surface area contributed by atoms with Crippen LogP contribution in [0, 0.1) is 6.92 Å². The van der Waals surface area contributed by atoms with Gasteiger partial charge in [-0.1, -0.05) is 35.3 Å². The molecule has 1 aromatic heterocycles. The maximum absolute atomic E-state index is 12.2. The van der Waals surface area contributed by atoms with E-state index in [1.165, 1.54) is 18.2 Å². The molecule has 0 bridgehead atoms. The van der Waals surface area contributed by atoms with Gasteiger partial charge in [-0.2, -0.15) is 0 Å². The molecule has 1 aromatic carbocycles. The summed E-state index contributed by atoms with van der Waals surface area (Å²) in [5.41, 5.74) is 0.934. The van der Waals surface area contributed by atoms with Crippen molar-refractivity contribution in [1.29, 1.82) is 0 Å². The second-order valence-electron chi connectivity index (χ2n) is 3.88. The topological polar surface area (TPSA) is 59.1 Å². The van der Waals surface area contributed by atoms with Gasteiger partial charge in [0.1, 0.15) is 10.7 Å². The van der Waals surface area contributed by atoms with Crippen molar-refractivity contribution in [3.8, 4) is 0 Å². The molecule has 0 spiro atoms. The third kappa shape index (κ3) is 3.18. The van der Waals surface area contributed by atoms with Crippen LogP contribution in [0.3, 0.4) is 0 Å². The second kappa shape index (κ2) is 5.36. The van der Waals surface area contributed by atoms with Crippen LogP contribution >= 0.6 is 23.2 Å². The van der Waals surface area contributed by atoms with Crippen LogP contribution in [-0.2, 0) is 10.0 Å². The largest absolute Gasteiger partial charge is 0.264 e. The number of rotatable bonds is 3.